The number of hydrogen-bond donors (Lipinski definition) is 2. The molecule has 0 amide bonds. The highest BCUT2D eigenvalue weighted by Gasteiger charge is 1.98. The predicted molar refractivity (Wildman–Crippen MR) is 59.4 cm³/mol. The van der Waals surface area contributed by atoms with Gasteiger partial charge in [-0.15, -0.1) is 0 Å². The molecule has 0 spiro atoms. The molecule has 0 aromatic carbocycles. The van der Waals surface area contributed by atoms with E-state index < -0.39 is 0 Å². The van der Waals surface area contributed by atoms with Gasteiger partial charge in [0.2, 0.25) is 5.88 Å². The van der Waals surface area contributed by atoms with Gasteiger partial charge in [0.05, 0.1) is 7.11 Å². The molecule has 6 nitrogen and oxygen atoms in total. The Hall–Kier alpha value is -2.11. The van der Waals surface area contributed by atoms with E-state index in [1.165, 1.54) is 6.33 Å². The largest absolute Gasteiger partial charge is 0.481 e. The Labute approximate surface area is 93.1 Å². The summed E-state index contributed by atoms with van der Waals surface area (Å²) >= 11 is 0. The Morgan fingerprint density at radius 3 is 3.06 bits per heavy atom. The predicted octanol–water partition coefficient (Wildman–Crippen LogP) is 0.863. The minimum absolute atomic E-state index is 0.551. The fraction of sp³-hybridized carbons (Fsp3) is 0.300. The Bertz CT molecular complexity index is 429. The SMILES string of the molecule is COc1cc(NCCc2ncc[nH]2)ncn1. The van der Waals surface area contributed by atoms with Gasteiger partial charge in [0.15, 0.2) is 0 Å². The number of ether oxygens (including phenoxy) is 1. The van der Waals surface area contributed by atoms with E-state index in [0.717, 1.165) is 24.6 Å². The van der Waals surface area contributed by atoms with E-state index in [-0.39, 0.29) is 0 Å². The van der Waals surface area contributed by atoms with Crippen molar-refractivity contribution in [3.63, 3.8) is 0 Å². The molecule has 0 radical (unpaired) electrons. The molecule has 0 aliphatic heterocycles. The second kappa shape index (κ2) is 5.11. The molecule has 0 saturated heterocycles. The van der Waals surface area contributed by atoms with Crippen LogP contribution in [0.3, 0.4) is 0 Å². The van der Waals surface area contributed by atoms with Crippen molar-refractivity contribution < 1.29 is 4.74 Å². The quantitative estimate of drug-likeness (QED) is 0.780. The number of aromatic amines is 1. The smallest absolute Gasteiger partial charge is 0.218 e. The van der Waals surface area contributed by atoms with Crippen LogP contribution in [0.1, 0.15) is 5.82 Å². The lowest BCUT2D eigenvalue weighted by molar-refractivity contribution is 0.397. The van der Waals surface area contributed by atoms with Gasteiger partial charge in [-0.2, -0.15) is 0 Å². The van der Waals surface area contributed by atoms with Crippen molar-refractivity contribution >= 4 is 5.82 Å². The third-order valence-corrected chi connectivity index (χ3v) is 2.07. The second-order valence-electron chi connectivity index (χ2n) is 3.16. The van der Waals surface area contributed by atoms with E-state index in [4.69, 9.17) is 4.74 Å². The minimum atomic E-state index is 0.551. The molecule has 2 aromatic heterocycles. The summed E-state index contributed by atoms with van der Waals surface area (Å²) in [5.74, 6) is 2.25. The van der Waals surface area contributed by atoms with E-state index in [0.29, 0.717) is 5.88 Å². The van der Waals surface area contributed by atoms with E-state index in [9.17, 15) is 0 Å². The molecule has 0 fully saturated rings. The first-order valence-electron chi connectivity index (χ1n) is 4.96. The molecular formula is C10H13N5O. The van der Waals surface area contributed by atoms with E-state index in [1.54, 1.807) is 19.4 Å². The molecule has 84 valence electrons. The van der Waals surface area contributed by atoms with E-state index >= 15 is 0 Å². The summed E-state index contributed by atoms with van der Waals surface area (Å²) in [6.45, 7) is 0.758. The zero-order chi connectivity index (χ0) is 11.2. The fourth-order valence-electron chi connectivity index (χ4n) is 1.29. The third kappa shape index (κ3) is 2.69. The van der Waals surface area contributed by atoms with E-state index in [1.807, 2.05) is 6.20 Å². The lowest BCUT2D eigenvalue weighted by Crippen LogP contribution is -2.07. The number of anilines is 1. The van der Waals surface area contributed by atoms with Crippen molar-refractivity contribution in [1.82, 2.24) is 19.9 Å². The van der Waals surface area contributed by atoms with Gasteiger partial charge in [0.25, 0.3) is 0 Å². The van der Waals surface area contributed by atoms with Crippen LogP contribution in [-0.4, -0.2) is 33.6 Å². The Morgan fingerprint density at radius 1 is 1.38 bits per heavy atom. The molecule has 6 heteroatoms. The highest BCUT2D eigenvalue weighted by atomic mass is 16.5. The summed E-state index contributed by atoms with van der Waals surface area (Å²) in [7, 11) is 1.58. The van der Waals surface area contributed by atoms with Crippen molar-refractivity contribution in [2.24, 2.45) is 0 Å². The molecule has 2 heterocycles. The second-order valence-corrected chi connectivity index (χ2v) is 3.16. The molecule has 2 aromatic rings. The van der Waals surface area contributed by atoms with Gasteiger partial charge < -0.3 is 15.0 Å². The average molecular weight is 219 g/mol. The summed E-state index contributed by atoms with van der Waals surface area (Å²) in [6.07, 6.45) is 5.83. The van der Waals surface area contributed by atoms with Crippen molar-refractivity contribution in [1.29, 1.82) is 0 Å². The number of rotatable bonds is 5. The lowest BCUT2D eigenvalue weighted by Gasteiger charge is -2.04. The molecule has 16 heavy (non-hydrogen) atoms. The highest BCUT2D eigenvalue weighted by molar-refractivity contribution is 5.36. The topological polar surface area (TPSA) is 75.7 Å². The molecule has 0 saturated carbocycles. The Balaban J connectivity index is 1.85. The number of imidazole rings is 1. The maximum absolute atomic E-state index is 5.00. The van der Waals surface area contributed by atoms with Crippen LogP contribution in [0.2, 0.25) is 0 Å². The van der Waals surface area contributed by atoms with Crippen molar-refractivity contribution in [3.05, 3.63) is 30.6 Å². The fourth-order valence-corrected chi connectivity index (χ4v) is 1.29. The van der Waals surface area contributed by atoms with Crippen molar-refractivity contribution in [2.45, 2.75) is 6.42 Å². The van der Waals surface area contributed by atoms with E-state index in [2.05, 4.69) is 25.3 Å². The number of nitrogens with zero attached hydrogens (tertiary/aromatic N) is 3. The van der Waals surface area contributed by atoms with Crippen LogP contribution in [0, 0.1) is 0 Å². The van der Waals surface area contributed by atoms with Crippen LogP contribution in [-0.2, 0) is 6.42 Å². The monoisotopic (exact) mass is 219 g/mol. The molecule has 0 bridgehead atoms. The molecule has 0 aliphatic carbocycles. The van der Waals surface area contributed by atoms with Gasteiger partial charge in [-0.3, -0.25) is 0 Å². The number of H-pyrrole nitrogens is 1. The molecule has 0 aliphatic rings. The Morgan fingerprint density at radius 2 is 2.31 bits per heavy atom. The van der Waals surface area contributed by atoms with Gasteiger partial charge in [-0.05, 0) is 0 Å². The normalized spacial score (nSPS) is 10.1. The summed E-state index contributed by atoms with van der Waals surface area (Å²) in [4.78, 5) is 15.2. The highest BCUT2D eigenvalue weighted by Crippen LogP contribution is 2.09. The number of methoxy groups -OCH3 is 1. The van der Waals surface area contributed by atoms with Crippen LogP contribution < -0.4 is 10.1 Å². The van der Waals surface area contributed by atoms with Crippen LogP contribution in [0.5, 0.6) is 5.88 Å². The molecule has 2 rings (SSSR count). The van der Waals surface area contributed by atoms with Gasteiger partial charge in [-0.25, -0.2) is 15.0 Å². The van der Waals surface area contributed by atoms with Crippen LogP contribution >= 0.6 is 0 Å². The maximum Gasteiger partial charge on any atom is 0.218 e. The molecule has 0 unspecified atom stereocenters. The first-order valence-corrected chi connectivity index (χ1v) is 4.96. The summed E-state index contributed by atoms with van der Waals surface area (Å²) in [6, 6.07) is 1.75. The van der Waals surface area contributed by atoms with Crippen LogP contribution in [0.4, 0.5) is 5.82 Å². The zero-order valence-electron chi connectivity index (χ0n) is 8.97. The van der Waals surface area contributed by atoms with Gasteiger partial charge >= 0.3 is 0 Å². The van der Waals surface area contributed by atoms with Gasteiger partial charge in [0.1, 0.15) is 18.0 Å². The maximum atomic E-state index is 5.00. The minimum Gasteiger partial charge on any atom is -0.481 e. The summed E-state index contributed by atoms with van der Waals surface area (Å²) in [5.41, 5.74) is 0. The van der Waals surface area contributed by atoms with Gasteiger partial charge in [0, 0.05) is 31.4 Å². The summed E-state index contributed by atoms with van der Waals surface area (Å²) in [5, 5.41) is 3.17. The number of aromatic nitrogens is 4. The molecule has 2 N–H and O–H groups in total. The van der Waals surface area contributed by atoms with Gasteiger partial charge in [-0.1, -0.05) is 0 Å². The van der Waals surface area contributed by atoms with Crippen LogP contribution in [0.25, 0.3) is 0 Å². The molecular weight excluding hydrogens is 206 g/mol. The standard InChI is InChI=1S/C10H13N5O/c1-16-10-6-9(14-7-15-10)11-3-2-8-12-4-5-13-8/h4-7H,2-3H2,1H3,(H,12,13)(H,11,14,15). The third-order valence-electron chi connectivity index (χ3n) is 2.07. The average Bonchev–Trinajstić information content (AvgIpc) is 2.82. The number of hydrogen-bond acceptors (Lipinski definition) is 5. The first-order chi connectivity index (χ1) is 7.88. The van der Waals surface area contributed by atoms with Crippen molar-refractivity contribution in [3.8, 4) is 5.88 Å². The first kappa shape index (κ1) is 10.4. The summed E-state index contributed by atoms with van der Waals surface area (Å²) < 4.78 is 5.00. The zero-order valence-corrected chi connectivity index (χ0v) is 8.97. The van der Waals surface area contributed by atoms with Crippen LogP contribution in [0.15, 0.2) is 24.8 Å². The lowest BCUT2D eigenvalue weighted by atomic mass is 10.4. The molecule has 0 atom stereocenters. The Kier molecular flexibility index (Phi) is 3.32. The number of nitrogens with one attached hydrogen (secondary N) is 2. The van der Waals surface area contributed by atoms with Crippen molar-refractivity contribution in [2.75, 3.05) is 19.0 Å².